The van der Waals surface area contributed by atoms with Gasteiger partial charge in [0.1, 0.15) is 12.1 Å². The van der Waals surface area contributed by atoms with E-state index in [1.54, 1.807) is 18.7 Å². The number of pyridine rings is 1. The Labute approximate surface area is 105 Å². The van der Waals surface area contributed by atoms with Gasteiger partial charge in [-0.15, -0.1) is 0 Å². The van der Waals surface area contributed by atoms with E-state index in [0.717, 1.165) is 28.8 Å². The molecule has 0 spiro atoms. The van der Waals surface area contributed by atoms with Gasteiger partial charge in [-0.2, -0.15) is 0 Å². The van der Waals surface area contributed by atoms with Gasteiger partial charge in [-0.1, -0.05) is 0 Å². The molecular weight excluding hydrogens is 226 g/mol. The quantitative estimate of drug-likeness (QED) is 0.690. The molecule has 90 valence electrons. The fraction of sp³-hybridized carbons (Fsp3) is 0.214. The van der Waals surface area contributed by atoms with Crippen LogP contribution in [0.25, 0.3) is 11.1 Å². The minimum absolute atomic E-state index is 0.670. The van der Waals surface area contributed by atoms with Crippen LogP contribution in [0.15, 0.2) is 35.3 Å². The van der Waals surface area contributed by atoms with Gasteiger partial charge in [-0.3, -0.25) is 4.98 Å². The molecule has 3 heterocycles. The van der Waals surface area contributed by atoms with Gasteiger partial charge in [-0.25, -0.2) is 9.97 Å². The predicted octanol–water partition coefficient (Wildman–Crippen LogP) is 2.83. The molecule has 0 atom stereocenters. The average Bonchev–Trinajstić information content (AvgIpc) is 2.67. The Bertz CT molecular complexity index is 689. The maximum absolute atomic E-state index is 5.61. The first kappa shape index (κ1) is 10.9. The lowest BCUT2D eigenvalue weighted by Gasteiger charge is -2.02. The highest BCUT2D eigenvalue weighted by Gasteiger charge is 2.13. The summed E-state index contributed by atoms with van der Waals surface area (Å²) in [7, 11) is 0. The highest BCUT2D eigenvalue weighted by atomic mass is 16.3. The lowest BCUT2D eigenvalue weighted by Crippen LogP contribution is -1.95. The second-order valence-electron chi connectivity index (χ2n) is 4.32. The second-order valence-corrected chi connectivity index (χ2v) is 4.32. The summed E-state index contributed by atoms with van der Waals surface area (Å²) in [6.07, 6.45) is 5.91. The van der Waals surface area contributed by atoms with E-state index < -0.39 is 0 Å². The number of rotatable bonds is 2. The molecule has 0 saturated carbocycles. The number of aryl methyl sites for hydroxylation is 2. The number of furan rings is 1. The Morgan fingerprint density at radius 2 is 1.89 bits per heavy atom. The molecule has 4 nitrogen and oxygen atoms in total. The molecule has 0 aliphatic rings. The van der Waals surface area contributed by atoms with Crippen LogP contribution in [0.1, 0.15) is 22.6 Å². The lowest BCUT2D eigenvalue weighted by molar-refractivity contribution is 0.563. The zero-order valence-electron chi connectivity index (χ0n) is 10.3. The second kappa shape index (κ2) is 4.22. The molecule has 0 saturated heterocycles. The Morgan fingerprint density at radius 1 is 1.11 bits per heavy atom. The average molecular weight is 239 g/mol. The van der Waals surface area contributed by atoms with Crippen LogP contribution in [-0.4, -0.2) is 15.0 Å². The van der Waals surface area contributed by atoms with Gasteiger partial charge in [0.05, 0.1) is 11.1 Å². The third-order valence-electron chi connectivity index (χ3n) is 3.16. The summed E-state index contributed by atoms with van der Waals surface area (Å²) in [6, 6.07) is 3.99. The summed E-state index contributed by atoms with van der Waals surface area (Å²) in [5.74, 6) is 0.904. The van der Waals surface area contributed by atoms with Gasteiger partial charge in [0.25, 0.3) is 0 Å². The normalized spacial score (nSPS) is 11.0. The Morgan fingerprint density at radius 3 is 2.67 bits per heavy atom. The van der Waals surface area contributed by atoms with E-state index in [4.69, 9.17) is 4.42 Å². The van der Waals surface area contributed by atoms with Crippen molar-refractivity contribution in [1.29, 1.82) is 0 Å². The molecule has 3 rings (SSSR count). The standard InChI is InChI=1S/C14H13N3O/c1-9-10(2)18-14-13(9)12(16-8-17-14)7-11-3-5-15-6-4-11/h3-6,8H,7H2,1-2H3. The molecule has 0 fully saturated rings. The molecule has 0 aromatic carbocycles. The van der Waals surface area contributed by atoms with Crippen molar-refractivity contribution in [3.8, 4) is 0 Å². The monoisotopic (exact) mass is 239 g/mol. The van der Waals surface area contributed by atoms with Crippen LogP contribution < -0.4 is 0 Å². The predicted molar refractivity (Wildman–Crippen MR) is 68.3 cm³/mol. The van der Waals surface area contributed by atoms with Crippen molar-refractivity contribution in [2.75, 3.05) is 0 Å². The van der Waals surface area contributed by atoms with Gasteiger partial charge in [-0.05, 0) is 31.5 Å². The summed E-state index contributed by atoms with van der Waals surface area (Å²) < 4.78 is 5.61. The van der Waals surface area contributed by atoms with Crippen molar-refractivity contribution in [3.05, 3.63) is 53.4 Å². The lowest BCUT2D eigenvalue weighted by atomic mass is 10.1. The summed E-state index contributed by atoms with van der Waals surface area (Å²) in [5.41, 5.74) is 3.97. The van der Waals surface area contributed by atoms with Crippen LogP contribution in [0.3, 0.4) is 0 Å². The van der Waals surface area contributed by atoms with Crippen LogP contribution in [-0.2, 0) is 6.42 Å². The van der Waals surface area contributed by atoms with Crippen molar-refractivity contribution in [2.24, 2.45) is 0 Å². The van der Waals surface area contributed by atoms with Crippen molar-refractivity contribution < 1.29 is 4.42 Å². The number of fused-ring (bicyclic) bond motifs is 1. The molecular formula is C14H13N3O. The zero-order valence-corrected chi connectivity index (χ0v) is 10.3. The molecule has 18 heavy (non-hydrogen) atoms. The van der Waals surface area contributed by atoms with Crippen LogP contribution in [0, 0.1) is 13.8 Å². The molecule has 0 aliphatic carbocycles. The number of hydrogen-bond donors (Lipinski definition) is 0. The van der Waals surface area contributed by atoms with E-state index in [1.165, 1.54) is 5.56 Å². The summed E-state index contributed by atoms with van der Waals surface area (Å²) in [5, 5.41) is 1.03. The number of nitrogens with zero attached hydrogens (tertiary/aromatic N) is 3. The SMILES string of the molecule is Cc1oc2ncnc(Cc3ccncc3)c2c1C. The fourth-order valence-electron chi connectivity index (χ4n) is 2.08. The van der Waals surface area contributed by atoms with Gasteiger partial charge in [0.15, 0.2) is 0 Å². The Kier molecular flexibility index (Phi) is 2.55. The van der Waals surface area contributed by atoms with Crippen molar-refractivity contribution in [3.63, 3.8) is 0 Å². The third-order valence-corrected chi connectivity index (χ3v) is 3.16. The van der Waals surface area contributed by atoms with Crippen molar-refractivity contribution in [2.45, 2.75) is 20.3 Å². The van der Waals surface area contributed by atoms with Crippen LogP contribution in [0.5, 0.6) is 0 Å². The highest BCUT2D eigenvalue weighted by Crippen LogP contribution is 2.26. The minimum Gasteiger partial charge on any atom is -0.443 e. The molecule has 0 radical (unpaired) electrons. The highest BCUT2D eigenvalue weighted by molar-refractivity contribution is 5.81. The third kappa shape index (κ3) is 1.76. The maximum Gasteiger partial charge on any atom is 0.229 e. The van der Waals surface area contributed by atoms with E-state index in [-0.39, 0.29) is 0 Å². The van der Waals surface area contributed by atoms with Gasteiger partial charge in [0.2, 0.25) is 5.71 Å². The van der Waals surface area contributed by atoms with E-state index in [9.17, 15) is 0 Å². The first-order valence-electron chi connectivity index (χ1n) is 5.84. The fourth-order valence-corrected chi connectivity index (χ4v) is 2.08. The van der Waals surface area contributed by atoms with Crippen molar-refractivity contribution >= 4 is 11.1 Å². The summed E-state index contributed by atoms with van der Waals surface area (Å²) in [4.78, 5) is 12.6. The first-order chi connectivity index (χ1) is 8.75. The maximum atomic E-state index is 5.61. The van der Waals surface area contributed by atoms with Gasteiger partial charge >= 0.3 is 0 Å². The topological polar surface area (TPSA) is 51.8 Å². The van der Waals surface area contributed by atoms with E-state index in [1.807, 2.05) is 26.0 Å². The van der Waals surface area contributed by atoms with Gasteiger partial charge < -0.3 is 4.42 Å². The molecule has 3 aromatic rings. The molecule has 3 aromatic heterocycles. The molecule has 0 N–H and O–H groups in total. The summed E-state index contributed by atoms with van der Waals surface area (Å²) >= 11 is 0. The molecule has 4 heteroatoms. The largest absolute Gasteiger partial charge is 0.443 e. The van der Waals surface area contributed by atoms with Crippen LogP contribution in [0.2, 0.25) is 0 Å². The first-order valence-corrected chi connectivity index (χ1v) is 5.84. The van der Waals surface area contributed by atoms with Crippen molar-refractivity contribution in [1.82, 2.24) is 15.0 Å². The zero-order chi connectivity index (χ0) is 12.5. The Balaban J connectivity index is 2.12. The Hall–Kier alpha value is -2.23. The molecule has 0 bridgehead atoms. The number of hydrogen-bond acceptors (Lipinski definition) is 4. The van der Waals surface area contributed by atoms with E-state index in [0.29, 0.717) is 5.71 Å². The van der Waals surface area contributed by atoms with Crippen LogP contribution >= 0.6 is 0 Å². The molecule has 0 amide bonds. The minimum atomic E-state index is 0.670. The summed E-state index contributed by atoms with van der Waals surface area (Å²) in [6.45, 7) is 3.99. The molecule has 0 aliphatic heterocycles. The van der Waals surface area contributed by atoms with Gasteiger partial charge in [0, 0.05) is 24.4 Å². The van der Waals surface area contributed by atoms with E-state index >= 15 is 0 Å². The van der Waals surface area contributed by atoms with E-state index in [2.05, 4.69) is 15.0 Å². The number of aromatic nitrogens is 3. The van der Waals surface area contributed by atoms with Crippen LogP contribution in [0.4, 0.5) is 0 Å². The molecule has 0 unspecified atom stereocenters. The smallest absolute Gasteiger partial charge is 0.229 e.